The Morgan fingerprint density at radius 3 is 2.85 bits per heavy atom. The fourth-order valence-electron chi connectivity index (χ4n) is 1.20. The van der Waals surface area contributed by atoms with Crippen LogP contribution in [0.3, 0.4) is 0 Å². The number of fused-ring (bicyclic) bond motifs is 1. The molecule has 2 aromatic rings. The van der Waals surface area contributed by atoms with Gasteiger partial charge in [-0.15, -0.1) is 0 Å². The molecule has 66 valence electrons. The van der Waals surface area contributed by atoms with Gasteiger partial charge in [0.25, 0.3) is 0 Å². The lowest BCUT2D eigenvalue weighted by atomic mass is 10.2. The van der Waals surface area contributed by atoms with Crippen molar-refractivity contribution in [2.45, 2.75) is 0 Å². The Kier molecular flexibility index (Phi) is 2.42. The monoisotopic (exact) mass is 348 g/mol. The summed E-state index contributed by atoms with van der Waals surface area (Å²) in [5.74, 6) is 0.557. The smallest absolute Gasteiger partial charge is 0.123 e. The van der Waals surface area contributed by atoms with Gasteiger partial charge in [-0.05, 0) is 46.2 Å². The predicted octanol–water partition coefficient (Wildman–Crippen LogP) is 3.18. The maximum atomic E-state index is 5.60. The van der Waals surface area contributed by atoms with E-state index in [0.29, 0.717) is 5.82 Å². The molecule has 4 heteroatoms. The maximum Gasteiger partial charge on any atom is 0.123 e. The molecular formula is C9H6BrIN2. The first-order valence-corrected chi connectivity index (χ1v) is 5.54. The maximum absolute atomic E-state index is 5.60. The van der Waals surface area contributed by atoms with E-state index in [0.717, 1.165) is 15.2 Å². The van der Waals surface area contributed by atoms with Gasteiger partial charge in [0.1, 0.15) is 5.82 Å². The number of nitrogens with two attached hydrogens (primary N) is 1. The molecule has 0 radical (unpaired) electrons. The number of rotatable bonds is 0. The van der Waals surface area contributed by atoms with Crippen molar-refractivity contribution in [1.82, 2.24) is 4.98 Å². The number of anilines is 1. The second kappa shape index (κ2) is 3.42. The molecule has 0 saturated heterocycles. The first kappa shape index (κ1) is 9.21. The Hall–Kier alpha value is -0.360. The molecule has 0 aliphatic rings. The zero-order valence-corrected chi connectivity index (χ0v) is 10.3. The Labute approximate surface area is 97.8 Å². The van der Waals surface area contributed by atoms with Crippen molar-refractivity contribution in [3.05, 3.63) is 32.4 Å². The number of aromatic nitrogens is 1. The second-order valence-corrected chi connectivity index (χ2v) is 4.80. The molecule has 0 spiro atoms. The lowest BCUT2D eigenvalue weighted by Gasteiger charge is -2.02. The van der Waals surface area contributed by atoms with Gasteiger partial charge in [0.2, 0.25) is 0 Å². The fraction of sp³-hybridized carbons (Fsp3) is 0. The normalized spacial score (nSPS) is 10.6. The molecule has 1 aromatic carbocycles. The van der Waals surface area contributed by atoms with Crippen LogP contribution in [0, 0.1) is 3.57 Å². The summed E-state index contributed by atoms with van der Waals surface area (Å²) in [7, 11) is 0. The van der Waals surface area contributed by atoms with Crippen LogP contribution in [0.4, 0.5) is 5.82 Å². The average molecular weight is 349 g/mol. The number of hydrogen-bond donors (Lipinski definition) is 1. The number of pyridine rings is 1. The van der Waals surface area contributed by atoms with Gasteiger partial charge in [-0.1, -0.05) is 15.9 Å². The van der Waals surface area contributed by atoms with Gasteiger partial charge in [-0.25, -0.2) is 4.98 Å². The Bertz CT molecular complexity index is 465. The molecule has 0 unspecified atom stereocenters. The quantitative estimate of drug-likeness (QED) is 0.742. The minimum Gasteiger partial charge on any atom is -0.384 e. The fourth-order valence-corrected chi connectivity index (χ4v) is 2.89. The van der Waals surface area contributed by atoms with E-state index in [9.17, 15) is 0 Å². The molecule has 13 heavy (non-hydrogen) atoms. The predicted molar refractivity (Wildman–Crippen MR) is 66.6 cm³/mol. The van der Waals surface area contributed by atoms with Gasteiger partial charge in [0, 0.05) is 19.6 Å². The first-order chi connectivity index (χ1) is 6.16. The number of nitrogens with zero attached hydrogens (tertiary/aromatic N) is 1. The first-order valence-electron chi connectivity index (χ1n) is 3.67. The van der Waals surface area contributed by atoms with Crippen LogP contribution >= 0.6 is 38.5 Å². The Morgan fingerprint density at radius 2 is 2.08 bits per heavy atom. The van der Waals surface area contributed by atoms with Crippen molar-refractivity contribution in [1.29, 1.82) is 0 Å². The van der Waals surface area contributed by atoms with Gasteiger partial charge in [-0.2, -0.15) is 0 Å². The third-order valence-corrected chi connectivity index (χ3v) is 3.12. The van der Waals surface area contributed by atoms with Gasteiger partial charge >= 0.3 is 0 Å². The molecule has 2 N–H and O–H groups in total. The van der Waals surface area contributed by atoms with Gasteiger partial charge in [0.05, 0.1) is 0 Å². The lowest BCUT2D eigenvalue weighted by Crippen LogP contribution is -1.89. The van der Waals surface area contributed by atoms with Crippen LogP contribution < -0.4 is 5.73 Å². The largest absolute Gasteiger partial charge is 0.384 e. The molecule has 1 aromatic heterocycles. The Balaban J connectivity index is 2.86. The highest BCUT2D eigenvalue weighted by atomic mass is 127. The van der Waals surface area contributed by atoms with Crippen LogP contribution in [0.15, 0.2) is 28.9 Å². The molecule has 0 amide bonds. The summed E-state index contributed by atoms with van der Waals surface area (Å²) in [5, 5.41) is 2.25. The van der Waals surface area contributed by atoms with Crippen molar-refractivity contribution in [2.75, 3.05) is 5.73 Å². The average Bonchev–Trinajstić information content (AvgIpc) is 2.02. The number of nitrogen functional groups attached to an aromatic ring is 1. The summed E-state index contributed by atoms with van der Waals surface area (Å²) in [6.45, 7) is 0. The standard InChI is InChI=1S/C9H6BrIN2/c10-6-1-5-2-9(12)13-4-7(5)8(11)3-6/h1-4H,(H2,12,13). The van der Waals surface area contributed by atoms with E-state index < -0.39 is 0 Å². The lowest BCUT2D eigenvalue weighted by molar-refractivity contribution is 1.36. The van der Waals surface area contributed by atoms with Crippen LogP contribution in [0.25, 0.3) is 10.8 Å². The van der Waals surface area contributed by atoms with E-state index in [-0.39, 0.29) is 0 Å². The number of benzene rings is 1. The summed E-state index contributed by atoms with van der Waals surface area (Å²) in [6.07, 6.45) is 1.80. The van der Waals surface area contributed by atoms with E-state index in [4.69, 9.17) is 5.73 Å². The molecule has 0 fully saturated rings. The number of halogens is 2. The van der Waals surface area contributed by atoms with Crippen molar-refractivity contribution in [2.24, 2.45) is 0 Å². The van der Waals surface area contributed by atoms with Gasteiger partial charge < -0.3 is 5.73 Å². The zero-order chi connectivity index (χ0) is 9.42. The highest BCUT2D eigenvalue weighted by Gasteiger charge is 2.01. The molecule has 2 rings (SSSR count). The van der Waals surface area contributed by atoms with Gasteiger partial charge in [-0.3, -0.25) is 0 Å². The van der Waals surface area contributed by atoms with Crippen LogP contribution in [0.5, 0.6) is 0 Å². The van der Waals surface area contributed by atoms with Crippen LogP contribution in [-0.4, -0.2) is 4.98 Å². The molecule has 0 aliphatic heterocycles. The molecule has 1 heterocycles. The summed E-state index contributed by atoms with van der Waals surface area (Å²) in [6, 6.07) is 5.97. The highest BCUT2D eigenvalue weighted by Crippen LogP contribution is 2.25. The summed E-state index contributed by atoms with van der Waals surface area (Å²) in [4.78, 5) is 4.06. The van der Waals surface area contributed by atoms with Crippen LogP contribution in [0.1, 0.15) is 0 Å². The van der Waals surface area contributed by atoms with E-state index in [2.05, 4.69) is 49.6 Å². The topological polar surface area (TPSA) is 38.9 Å². The van der Waals surface area contributed by atoms with Crippen LogP contribution in [-0.2, 0) is 0 Å². The van der Waals surface area contributed by atoms with Crippen LogP contribution in [0.2, 0.25) is 0 Å². The summed E-state index contributed by atoms with van der Waals surface area (Å²) >= 11 is 5.73. The summed E-state index contributed by atoms with van der Waals surface area (Å²) in [5.41, 5.74) is 5.60. The minimum atomic E-state index is 0.557. The molecule has 0 saturated carbocycles. The molecule has 0 atom stereocenters. The molecule has 0 bridgehead atoms. The van der Waals surface area contributed by atoms with Crippen molar-refractivity contribution in [3.63, 3.8) is 0 Å². The molecule has 0 aliphatic carbocycles. The SMILES string of the molecule is Nc1cc2cc(Br)cc(I)c2cn1. The summed E-state index contributed by atoms with van der Waals surface area (Å²) < 4.78 is 2.24. The van der Waals surface area contributed by atoms with Crippen molar-refractivity contribution in [3.8, 4) is 0 Å². The Morgan fingerprint density at radius 1 is 1.31 bits per heavy atom. The van der Waals surface area contributed by atoms with E-state index >= 15 is 0 Å². The molecule has 2 nitrogen and oxygen atoms in total. The number of hydrogen-bond acceptors (Lipinski definition) is 2. The van der Waals surface area contributed by atoms with Crippen molar-refractivity contribution < 1.29 is 0 Å². The molecular weight excluding hydrogens is 343 g/mol. The highest BCUT2D eigenvalue weighted by molar-refractivity contribution is 14.1. The van der Waals surface area contributed by atoms with E-state index in [1.165, 1.54) is 3.57 Å². The van der Waals surface area contributed by atoms with E-state index in [1.807, 2.05) is 12.1 Å². The third-order valence-electron chi connectivity index (χ3n) is 1.77. The van der Waals surface area contributed by atoms with E-state index in [1.54, 1.807) is 6.20 Å². The zero-order valence-electron chi connectivity index (χ0n) is 6.59. The third kappa shape index (κ3) is 1.78. The van der Waals surface area contributed by atoms with Gasteiger partial charge in [0.15, 0.2) is 0 Å². The minimum absolute atomic E-state index is 0.557. The van der Waals surface area contributed by atoms with Crippen molar-refractivity contribution >= 4 is 55.1 Å². The second-order valence-electron chi connectivity index (χ2n) is 2.72.